The van der Waals surface area contributed by atoms with Gasteiger partial charge in [0.2, 0.25) is 0 Å². The van der Waals surface area contributed by atoms with Crippen LogP contribution in [0.2, 0.25) is 0 Å². The first kappa shape index (κ1) is 11.7. The average molecular weight is 286 g/mol. The Hall–Kier alpha value is -0.360. The van der Waals surface area contributed by atoms with Gasteiger partial charge in [-0.15, -0.1) is 11.8 Å². The summed E-state index contributed by atoms with van der Waals surface area (Å²) in [4.78, 5) is 0.450. The summed E-state index contributed by atoms with van der Waals surface area (Å²) in [6.45, 7) is 0. The molecule has 0 atom stereocenters. The third-order valence-corrected chi connectivity index (χ3v) is 3.01. The average Bonchev–Trinajstić information content (AvgIpc) is 2.00. The predicted octanol–water partition coefficient (Wildman–Crippen LogP) is 3.69. The highest BCUT2D eigenvalue weighted by molar-refractivity contribution is 9.10. The van der Waals surface area contributed by atoms with E-state index in [4.69, 9.17) is 5.73 Å². The number of nitrogens with two attached hydrogens (primary N) is 1. The molecule has 0 radical (unpaired) electrons. The number of alkyl halides is 3. The molecule has 0 amide bonds. The Bertz CT molecular complexity index is 327. The summed E-state index contributed by atoms with van der Waals surface area (Å²) < 4.78 is 36.4. The normalized spacial score (nSPS) is 11.7. The monoisotopic (exact) mass is 285 g/mol. The quantitative estimate of drug-likeness (QED) is 0.663. The first-order valence-corrected chi connectivity index (χ1v) is 5.41. The maximum Gasteiger partial charge on any atom is 0.398 e. The van der Waals surface area contributed by atoms with Crippen LogP contribution < -0.4 is 5.73 Å². The highest BCUT2D eigenvalue weighted by Gasteiger charge is 2.27. The zero-order chi connectivity index (χ0) is 10.8. The van der Waals surface area contributed by atoms with Crippen LogP contribution in [0.1, 0.15) is 0 Å². The zero-order valence-electron chi connectivity index (χ0n) is 6.94. The molecule has 0 unspecified atom stereocenters. The number of nitrogen functional groups attached to an aromatic ring is 1. The maximum atomic E-state index is 11.9. The maximum absolute atomic E-state index is 11.9. The van der Waals surface area contributed by atoms with Crippen LogP contribution in [-0.2, 0) is 0 Å². The van der Waals surface area contributed by atoms with E-state index in [1.54, 1.807) is 18.2 Å². The van der Waals surface area contributed by atoms with Crippen molar-refractivity contribution in [3.05, 3.63) is 22.7 Å². The van der Waals surface area contributed by atoms with Crippen molar-refractivity contribution in [1.29, 1.82) is 0 Å². The Morgan fingerprint density at radius 1 is 1.36 bits per heavy atom. The molecule has 0 heterocycles. The van der Waals surface area contributed by atoms with E-state index in [-0.39, 0.29) is 0 Å². The Labute approximate surface area is 92.0 Å². The van der Waals surface area contributed by atoms with Gasteiger partial charge in [0.1, 0.15) is 0 Å². The first-order valence-electron chi connectivity index (χ1n) is 3.63. The number of anilines is 1. The van der Waals surface area contributed by atoms with E-state index in [1.165, 1.54) is 0 Å². The summed E-state index contributed by atoms with van der Waals surface area (Å²) in [6, 6.07) is 4.81. The lowest BCUT2D eigenvalue weighted by atomic mass is 10.3. The molecule has 1 aromatic carbocycles. The fourth-order valence-corrected chi connectivity index (χ4v) is 1.90. The molecule has 2 N–H and O–H groups in total. The second-order valence-electron chi connectivity index (χ2n) is 2.59. The van der Waals surface area contributed by atoms with Crippen molar-refractivity contribution in [3.63, 3.8) is 0 Å². The van der Waals surface area contributed by atoms with E-state index in [1.807, 2.05) is 0 Å². The van der Waals surface area contributed by atoms with Gasteiger partial charge in [0.05, 0.1) is 5.75 Å². The van der Waals surface area contributed by atoms with E-state index >= 15 is 0 Å². The molecule has 0 fully saturated rings. The van der Waals surface area contributed by atoms with Gasteiger partial charge >= 0.3 is 6.18 Å². The highest BCUT2D eigenvalue weighted by Crippen LogP contribution is 2.32. The molecule has 0 aliphatic rings. The smallest absolute Gasteiger partial charge is 0.398 e. The van der Waals surface area contributed by atoms with Crippen LogP contribution in [0.3, 0.4) is 0 Å². The molecule has 78 valence electrons. The molecule has 0 saturated heterocycles. The van der Waals surface area contributed by atoms with E-state index < -0.39 is 11.9 Å². The molecule has 14 heavy (non-hydrogen) atoms. The van der Waals surface area contributed by atoms with Crippen molar-refractivity contribution in [2.45, 2.75) is 11.1 Å². The minimum absolute atomic E-state index is 0.355. The lowest BCUT2D eigenvalue weighted by molar-refractivity contribution is -0.105. The van der Waals surface area contributed by atoms with Crippen molar-refractivity contribution < 1.29 is 13.2 Å². The van der Waals surface area contributed by atoms with Gasteiger partial charge in [0.15, 0.2) is 0 Å². The van der Waals surface area contributed by atoms with Crippen molar-refractivity contribution in [1.82, 2.24) is 0 Å². The van der Waals surface area contributed by atoms with Gasteiger partial charge in [-0.2, -0.15) is 13.2 Å². The standard InChI is InChI=1S/C8H7BrF3NS/c9-5-1-2-7(6(13)3-5)14-4-8(10,11)12/h1-3H,4,13H2. The van der Waals surface area contributed by atoms with Crippen molar-refractivity contribution in [2.24, 2.45) is 0 Å². The number of hydrogen-bond donors (Lipinski definition) is 1. The van der Waals surface area contributed by atoms with E-state index in [2.05, 4.69) is 15.9 Å². The highest BCUT2D eigenvalue weighted by atomic mass is 79.9. The number of thioether (sulfide) groups is 1. The van der Waals surface area contributed by atoms with Gasteiger partial charge in [0.25, 0.3) is 0 Å². The molecule has 0 saturated carbocycles. The van der Waals surface area contributed by atoms with Gasteiger partial charge in [-0.1, -0.05) is 15.9 Å². The van der Waals surface area contributed by atoms with Gasteiger partial charge in [-0.25, -0.2) is 0 Å². The van der Waals surface area contributed by atoms with Crippen LogP contribution in [0.15, 0.2) is 27.6 Å². The van der Waals surface area contributed by atoms with Crippen LogP contribution in [0.4, 0.5) is 18.9 Å². The predicted molar refractivity (Wildman–Crippen MR) is 55.3 cm³/mol. The topological polar surface area (TPSA) is 26.0 Å². The number of rotatable bonds is 2. The van der Waals surface area contributed by atoms with Gasteiger partial charge < -0.3 is 5.73 Å². The molecule has 1 rings (SSSR count). The number of hydrogen-bond acceptors (Lipinski definition) is 2. The van der Waals surface area contributed by atoms with Crippen molar-refractivity contribution in [2.75, 3.05) is 11.5 Å². The molecule has 1 aromatic rings. The third-order valence-electron chi connectivity index (χ3n) is 1.36. The second-order valence-corrected chi connectivity index (χ2v) is 4.52. The van der Waals surface area contributed by atoms with E-state index in [0.717, 1.165) is 4.47 Å². The Kier molecular flexibility index (Phi) is 3.71. The zero-order valence-corrected chi connectivity index (χ0v) is 9.34. The Morgan fingerprint density at radius 3 is 2.50 bits per heavy atom. The molecular weight excluding hydrogens is 279 g/mol. The first-order chi connectivity index (χ1) is 6.38. The molecule has 6 heteroatoms. The van der Waals surface area contributed by atoms with Gasteiger partial charge in [0, 0.05) is 15.1 Å². The summed E-state index contributed by atoms with van der Waals surface area (Å²) in [7, 11) is 0. The molecule has 0 aliphatic heterocycles. The van der Waals surface area contributed by atoms with Gasteiger partial charge in [-0.3, -0.25) is 0 Å². The minimum atomic E-state index is -4.16. The summed E-state index contributed by atoms with van der Waals surface area (Å²) in [5, 5.41) is 0. The summed E-state index contributed by atoms with van der Waals surface area (Å²) in [6.07, 6.45) is -4.16. The van der Waals surface area contributed by atoms with Crippen molar-refractivity contribution in [3.8, 4) is 0 Å². The number of halogens is 4. The molecule has 0 aliphatic carbocycles. The molecule has 1 nitrogen and oxygen atoms in total. The van der Waals surface area contributed by atoms with Crippen LogP contribution in [0.25, 0.3) is 0 Å². The second kappa shape index (κ2) is 4.44. The molecule has 0 aromatic heterocycles. The van der Waals surface area contributed by atoms with Crippen LogP contribution in [0.5, 0.6) is 0 Å². The minimum Gasteiger partial charge on any atom is -0.398 e. The molecule has 0 bridgehead atoms. The van der Waals surface area contributed by atoms with E-state index in [9.17, 15) is 13.2 Å². The van der Waals surface area contributed by atoms with Gasteiger partial charge in [-0.05, 0) is 18.2 Å². The Balaban J connectivity index is 2.68. The summed E-state index contributed by atoms with van der Waals surface area (Å²) >= 11 is 3.87. The summed E-state index contributed by atoms with van der Waals surface area (Å²) in [5.41, 5.74) is 5.89. The lowest BCUT2D eigenvalue weighted by Crippen LogP contribution is -2.10. The SMILES string of the molecule is Nc1cc(Br)ccc1SCC(F)(F)F. The van der Waals surface area contributed by atoms with Crippen molar-refractivity contribution >= 4 is 33.4 Å². The largest absolute Gasteiger partial charge is 0.398 e. The van der Waals surface area contributed by atoms with E-state index in [0.29, 0.717) is 22.3 Å². The third kappa shape index (κ3) is 3.79. The molecule has 0 spiro atoms. The van der Waals surface area contributed by atoms with Crippen LogP contribution in [0, 0.1) is 0 Å². The fourth-order valence-electron chi connectivity index (χ4n) is 0.810. The molecular formula is C8H7BrF3NS. The fraction of sp³-hybridized carbons (Fsp3) is 0.250. The summed E-state index contributed by atoms with van der Waals surface area (Å²) in [5.74, 6) is -0.918. The lowest BCUT2D eigenvalue weighted by Gasteiger charge is -2.07. The number of benzene rings is 1. The van der Waals surface area contributed by atoms with Crippen LogP contribution in [-0.4, -0.2) is 11.9 Å². The van der Waals surface area contributed by atoms with Crippen LogP contribution >= 0.6 is 27.7 Å². The Morgan fingerprint density at radius 2 is 2.00 bits per heavy atom.